The normalized spacial score (nSPS) is 15.2. The lowest BCUT2D eigenvalue weighted by Crippen LogP contribution is -2.41. The number of ether oxygens (including phenoxy) is 2. The first-order valence-corrected chi connectivity index (χ1v) is 10.1. The number of carbonyl (C=O) groups is 3. The van der Waals surface area contributed by atoms with Gasteiger partial charge in [-0.15, -0.1) is 0 Å². The average Bonchev–Trinajstić information content (AvgIpc) is 2.88. The van der Waals surface area contributed by atoms with Crippen LogP contribution in [0.2, 0.25) is 0 Å². The van der Waals surface area contributed by atoms with Crippen LogP contribution >= 0.6 is 0 Å². The second-order valence-electron chi connectivity index (χ2n) is 7.32. The zero-order valence-electron chi connectivity index (χ0n) is 19.0. The molecule has 0 amide bonds. The van der Waals surface area contributed by atoms with Crippen molar-refractivity contribution >= 4 is 29.3 Å². The second-order valence-corrected chi connectivity index (χ2v) is 7.32. The lowest BCUT2D eigenvalue weighted by atomic mass is 9.81. The first-order valence-electron chi connectivity index (χ1n) is 10.1. The summed E-state index contributed by atoms with van der Waals surface area (Å²) < 4.78 is 39.6. The minimum absolute atomic E-state index is 0.214. The van der Waals surface area contributed by atoms with Gasteiger partial charge < -0.3 is 20.3 Å². The number of nitrogens with zero attached hydrogens (tertiary/aromatic N) is 3. The van der Waals surface area contributed by atoms with Crippen molar-refractivity contribution < 1.29 is 42.7 Å². The molecule has 0 bridgehead atoms. The van der Waals surface area contributed by atoms with Crippen LogP contribution in [0.15, 0.2) is 59.1 Å². The summed E-state index contributed by atoms with van der Waals surface area (Å²) in [7, 11) is 1.81. The van der Waals surface area contributed by atoms with Crippen LogP contribution in [0.5, 0.6) is 0 Å². The molecule has 1 aliphatic rings. The maximum atomic E-state index is 15.4. The molecule has 0 spiro atoms. The highest BCUT2D eigenvalue weighted by molar-refractivity contribution is 6.07. The van der Waals surface area contributed by atoms with Crippen molar-refractivity contribution in [2.45, 2.75) is 5.92 Å². The van der Waals surface area contributed by atoms with E-state index in [4.69, 9.17) is 20.3 Å². The molecule has 1 unspecified atom stereocenters. The van der Waals surface area contributed by atoms with Gasteiger partial charge in [-0.25, -0.2) is 23.2 Å². The molecule has 0 saturated heterocycles. The van der Waals surface area contributed by atoms with E-state index in [0.717, 1.165) is 14.2 Å². The average molecular weight is 514 g/mol. The minimum atomic E-state index is -2.09. The molecule has 2 aromatic rings. The molecule has 1 aliphatic heterocycles. The number of nitrogens with two attached hydrogens (primary N) is 1. The third-order valence-corrected chi connectivity index (χ3v) is 5.42. The van der Waals surface area contributed by atoms with Crippen LogP contribution in [0.4, 0.5) is 20.2 Å². The Morgan fingerprint density at radius 2 is 1.73 bits per heavy atom. The maximum Gasteiger partial charge on any atom is 0.355 e. The Morgan fingerprint density at radius 1 is 1.14 bits per heavy atom. The molecule has 3 rings (SSSR count). The summed E-state index contributed by atoms with van der Waals surface area (Å²) in [6.07, 6.45) is 0. The van der Waals surface area contributed by atoms with Gasteiger partial charge in [0.15, 0.2) is 17.3 Å². The Balaban J connectivity index is 2.58. The van der Waals surface area contributed by atoms with Gasteiger partial charge in [0.1, 0.15) is 17.1 Å². The number of nitriles is 1. The van der Waals surface area contributed by atoms with Crippen molar-refractivity contribution in [3.05, 3.63) is 91.9 Å². The van der Waals surface area contributed by atoms with E-state index in [2.05, 4.69) is 0 Å². The Kier molecular flexibility index (Phi) is 7.19. The predicted molar refractivity (Wildman–Crippen MR) is 120 cm³/mol. The van der Waals surface area contributed by atoms with Crippen LogP contribution < -0.4 is 10.6 Å². The molecule has 37 heavy (non-hydrogen) atoms. The van der Waals surface area contributed by atoms with Gasteiger partial charge in [-0.3, -0.25) is 15.0 Å². The second kappa shape index (κ2) is 10.1. The zero-order valence-corrected chi connectivity index (χ0v) is 19.0. The Morgan fingerprint density at radius 3 is 2.22 bits per heavy atom. The number of anilines is 1. The van der Waals surface area contributed by atoms with Crippen molar-refractivity contribution in [3.8, 4) is 6.07 Å². The minimum Gasteiger partial charge on any atom is -0.478 e. The summed E-state index contributed by atoms with van der Waals surface area (Å²) in [6.45, 7) is 0. The molecule has 12 nitrogen and oxygen atoms in total. The van der Waals surface area contributed by atoms with Crippen molar-refractivity contribution in [1.29, 1.82) is 5.26 Å². The third kappa shape index (κ3) is 4.29. The monoisotopic (exact) mass is 514 g/mol. The summed E-state index contributed by atoms with van der Waals surface area (Å²) in [5.74, 6) is -10.9. The number of hydrogen-bond acceptors (Lipinski definition) is 10. The van der Waals surface area contributed by atoms with Gasteiger partial charge in [0.25, 0.3) is 5.69 Å². The number of nitro groups is 1. The highest BCUT2D eigenvalue weighted by Crippen LogP contribution is 2.46. The Bertz CT molecular complexity index is 1450. The van der Waals surface area contributed by atoms with Crippen LogP contribution in [0.1, 0.15) is 21.8 Å². The van der Waals surface area contributed by atoms with E-state index in [-0.39, 0.29) is 16.5 Å². The number of allylic oxidation sites excluding steroid dienone is 1. The van der Waals surface area contributed by atoms with Crippen molar-refractivity contribution in [1.82, 2.24) is 0 Å². The lowest BCUT2D eigenvalue weighted by molar-refractivity contribution is -0.384. The van der Waals surface area contributed by atoms with E-state index in [1.807, 2.05) is 0 Å². The number of esters is 2. The van der Waals surface area contributed by atoms with Crippen molar-refractivity contribution in [3.63, 3.8) is 0 Å². The number of hydrogen-bond donors (Lipinski definition) is 2. The first-order chi connectivity index (χ1) is 17.5. The van der Waals surface area contributed by atoms with Gasteiger partial charge in [-0.2, -0.15) is 5.26 Å². The molecule has 0 radical (unpaired) electrons. The molecule has 14 heteroatoms. The molecular formula is C23H16F2N4O8. The number of nitro benzene ring substituents is 1. The molecule has 1 atom stereocenters. The number of carboxylic acid groups (broad SMARTS) is 1. The van der Waals surface area contributed by atoms with Crippen LogP contribution in [0, 0.1) is 33.1 Å². The van der Waals surface area contributed by atoms with E-state index >= 15 is 4.39 Å². The summed E-state index contributed by atoms with van der Waals surface area (Å²) in [6, 6.07) is 9.62. The van der Waals surface area contributed by atoms with Crippen LogP contribution in [-0.2, 0) is 19.1 Å². The fourth-order valence-electron chi connectivity index (χ4n) is 3.86. The van der Waals surface area contributed by atoms with Gasteiger partial charge >= 0.3 is 17.9 Å². The lowest BCUT2D eigenvalue weighted by Gasteiger charge is -2.35. The van der Waals surface area contributed by atoms with Gasteiger partial charge in [-0.1, -0.05) is 30.3 Å². The number of methoxy groups -OCH3 is 2. The number of carbonyl (C=O) groups excluding carboxylic acids is 2. The number of aromatic carboxylic acids is 1. The quantitative estimate of drug-likeness (QED) is 0.328. The standard InChI is InChI=1S/C23H16F2N4O8/c1-36-22(32)15-14(10-6-4-3-5-7-10)12(9-26)20(27)28(19(15)23(33)37-2)18-13(29(34)35)8-11(21(30)31)16(24)17(18)25/h3-8,14H,27H2,1-2H3,(H,30,31). The molecule has 190 valence electrons. The van der Waals surface area contributed by atoms with Crippen molar-refractivity contribution in [2.24, 2.45) is 5.73 Å². The highest BCUT2D eigenvalue weighted by atomic mass is 19.2. The maximum absolute atomic E-state index is 15.4. The fraction of sp³-hybridized carbons (Fsp3) is 0.130. The highest BCUT2D eigenvalue weighted by Gasteiger charge is 2.46. The van der Waals surface area contributed by atoms with E-state index < -0.39 is 80.0 Å². The third-order valence-electron chi connectivity index (χ3n) is 5.42. The fourth-order valence-corrected chi connectivity index (χ4v) is 3.86. The summed E-state index contributed by atoms with van der Waals surface area (Å²) >= 11 is 0. The summed E-state index contributed by atoms with van der Waals surface area (Å²) in [5, 5.41) is 30.9. The molecule has 0 aliphatic carbocycles. The van der Waals surface area contributed by atoms with E-state index in [1.165, 1.54) is 12.1 Å². The zero-order chi connectivity index (χ0) is 27.6. The molecule has 0 fully saturated rings. The predicted octanol–water partition coefficient (Wildman–Crippen LogP) is 2.47. The topological polar surface area (TPSA) is 186 Å². The van der Waals surface area contributed by atoms with Crippen molar-refractivity contribution in [2.75, 3.05) is 19.1 Å². The number of halogens is 2. The number of benzene rings is 2. The SMILES string of the molecule is COC(=O)C1=C(C(=O)OC)N(c2c([N+](=O)[O-])cc(C(=O)O)c(F)c2F)C(N)=C(C#N)C1c1ccccc1. The van der Waals surface area contributed by atoms with Gasteiger partial charge in [0.05, 0.1) is 42.3 Å². The van der Waals surface area contributed by atoms with Gasteiger partial charge in [0, 0.05) is 6.07 Å². The smallest absolute Gasteiger partial charge is 0.355 e. The van der Waals surface area contributed by atoms with E-state index in [0.29, 0.717) is 0 Å². The van der Waals surface area contributed by atoms with Crippen LogP contribution in [-0.4, -0.2) is 42.2 Å². The van der Waals surface area contributed by atoms with E-state index in [1.54, 1.807) is 24.3 Å². The molecule has 3 N–H and O–H groups in total. The molecule has 1 heterocycles. The first kappa shape index (κ1) is 26.3. The van der Waals surface area contributed by atoms with Gasteiger partial charge in [-0.05, 0) is 5.56 Å². The van der Waals surface area contributed by atoms with Crippen LogP contribution in [0.3, 0.4) is 0 Å². The molecular weight excluding hydrogens is 498 g/mol. The van der Waals surface area contributed by atoms with E-state index in [9.17, 15) is 34.2 Å². The number of carboxylic acids is 1. The summed E-state index contributed by atoms with van der Waals surface area (Å²) in [4.78, 5) is 48.1. The Hall–Kier alpha value is -5.32. The van der Waals surface area contributed by atoms with Gasteiger partial charge in [0.2, 0.25) is 0 Å². The molecule has 2 aromatic carbocycles. The van der Waals surface area contributed by atoms with Crippen LogP contribution in [0.25, 0.3) is 0 Å². The molecule has 0 saturated carbocycles. The molecule has 0 aromatic heterocycles. The summed E-state index contributed by atoms with van der Waals surface area (Å²) in [5.41, 5.74) is 0.314. The number of rotatable bonds is 6. The largest absolute Gasteiger partial charge is 0.478 e. The Labute approximate surface area is 206 Å².